The number of aliphatic hydroxyl groups excluding tert-OH is 1. The molecule has 2 N–H and O–H groups in total. The van der Waals surface area contributed by atoms with E-state index in [4.69, 9.17) is 14.8 Å². The zero-order chi connectivity index (χ0) is 30.9. The van der Waals surface area contributed by atoms with E-state index in [1.54, 1.807) is 11.5 Å². The second kappa shape index (κ2) is 12.5. The van der Waals surface area contributed by atoms with E-state index in [-0.39, 0.29) is 36.6 Å². The molecule has 0 amide bonds. The molecule has 1 aromatic carbocycles. The quantitative estimate of drug-likeness (QED) is 0.157. The molecule has 1 atom stereocenters. The first-order valence-electron chi connectivity index (χ1n) is 15.7. The van der Waals surface area contributed by atoms with Gasteiger partial charge in [-0.1, -0.05) is 45.5 Å². The summed E-state index contributed by atoms with van der Waals surface area (Å²) in [6.07, 6.45) is 5.62. The van der Waals surface area contributed by atoms with Crippen molar-refractivity contribution in [1.29, 1.82) is 0 Å². The molecule has 3 heterocycles. The Kier molecular flexibility index (Phi) is 9.06. The maximum Gasteiger partial charge on any atom is 0.254 e. The predicted octanol–water partition coefficient (Wildman–Crippen LogP) is 5.31. The maximum absolute atomic E-state index is 13.8. The summed E-state index contributed by atoms with van der Waals surface area (Å²) >= 11 is 0. The number of benzene rings is 1. The highest BCUT2D eigenvalue weighted by Crippen LogP contribution is 2.41. The fourth-order valence-corrected chi connectivity index (χ4v) is 7.45. The van der Waals surface area contributed by atoms with Gasteiger partial charge < -0.3 is 19.5 Å². The van der Waals surface area contributed by atoms with E-state index >= 15 is 0 Å². The van der Waals surface area contributed by atoms with Crippen LogP contribution in [0.25, 0.3) is 22.3 Å². The molecule has 1 aliphatic heterocycles. The lowest BCUT2D eigenvalue weighted by molar-refractivity contribution is -0.140. The van der Waals surface area contributed by atoms with Gasteiger partial charge in [0.05, 0.1) is 30.1 Å². The zero-order valence-electron chi connectivity index (χ0n) is 25.9. The van der Waals surface area contributed by atoms with Crippen LogP contribution < -0.4 is 10.3 Å². The van der Waals surface area contributed by atoms with Crippen LogP contribution in [0, 0.1) is 0 Å². The van der Waals surface area contributed by atoms with Gasteiger partial charge in [0.15, 0.2) is 11.6 Å². The highest BCUT2D eigenvalue weighted by molar-refractivity contribution is 6.76. The maximum atomic E-state index is 13.8. The molecular weight excluding hydrogens is 560 g/mol. The van der Waals surface area contributed by atoms with Gasteiger partial charge in [-0.25, -0.2) is 4.98 Å². The molecule has 5 rings (SSSR count). The number of ether oxygens (including phenoxy) is 1. The van der Waals surface area contributed by atoms with Crippen molar-refractivity contribution in [3.8, 4) is 17.1 Å². The van der Waals surface area contributed by atoms with Crippen LogP contribution in [0.4, 0.5) is 0 Å². The lowest BCUT2D eigenvalue weighted by Gasteiger charge is -2.32. The normalized spacial score (nSPS) is 17.6. The average molecular weight is 605 g/mol. The molecule has 2 aliphatic rings. The van der Waals surface area contributed by atoms with Gasteiger partial charge >= 0.3 is 0 Å². The van der Waals surface area contributed by atoms with Crippen LogP contribution in [0.2, 0.25) is 25.7 Å². The Morgan fingerprint density at radius 2 is 1.84 bits per heavy atom. The van der Waals surface area contributed by atoms with E-state index in [0.717, 1.165) is 66.1 Å². The Labute approximate surface area is 254 Å². The molecule has 0 fully saturated rings. The number of Topliss-reactive ketones (excluding diaryl/α,β-unsaturated/α-hetero) is 2. The molecule has 43 heavy (non-hydrogen) atoms. The number of fused-ring (bicyclic) bond motifs is 5. The summed E-state index contributed by atoms with van der Waals surface area (Å²) in [6.45, 7) is 9.50. The first kappa shape index (κ1) is 31.3. The largest absolute Gasteiger partial charge is 0.494 e. The van der Waals surface area contributed by atoms with Crippen LogP contribution in [0.1, 0.15) is 74.1 Å². The molecule has 0 saturated carbocycles. The Balaban J connectivity index is 1.47. The summed E-state index contributed by atoms with van der Waals surface area (Å²) in [6, 6.07) is 8.94. The van der Waals surface area contributed by atoms with E-state index in [2.05, 4.69) is 25.7 Å². The average Bonchev–Trinajstić information content (AvgIpc) is 3.34. The molecule has 0 spiro atoms. The fraction of sp³-hybridized carbons (Fsp3) is 0.529. The summed E-state index contributed by atoms with van der Waals surface area (Å²) in [4.78, 5) is 42.9. The molecule has 8 nitrogen and oxygen atoms in total. The molecule has 3 aromatic rings. The second-order valence-electron chi connectivity index (χ2n) is 13.3. The van der Waals surface area contributed by atoms with Crippen molar-refractivity contribution in [3.63, 3.8) is 0 Å². The minimum atomic E-state index is -1.63. The van der Waals surface area contributed by atoms with Gasteiger partial charge in [-0.2, -0.15) is 0 Å². The fourth-order valence-electron chi connectivity index (χ4n) is 6.45. The summed E-state index contributed by atoms with van der Waals surface area (Å²) in [5.74, 6) is 0.452. The summed E-state index contributed by atoms with van der Waals surface area (Å²) in [5, 5.41) is 21.2. The third-order valence-corrected chi connectivity index (χ3v) is 10.8. The molecule has 0 unspecified atom stereocenters. The molecule has 0 saturated heterocycles. The smallest absolute Gasteiger partial charge is 0.254 e. The Bertz CT molecular complexity index is 1620. The van der Waals surface area contributed by atoms with Crippen molar-refractivity contribution in [1.82, 2.24) is 9.55 Å². The lowest BCUT2D eigenvalue weighted by atomic mass is 9.77. The summed E-state index contributed by atoms with van der Waals surface area (Å²) < 4.78 is 7.92. The van der Waals surface area contributed by atoms with E-state index in [1.165, 1.54) is 5.56 Å². The highest BCUT2D eigenvalue weighted by Gasteiger charge is 2.43. The van der Waals surface area contributed by atoms with Crippen LogP contribution in [0.5, 0.6) is 5.75 Å². The third kappa shape index (κ3) is 6.26. The first-order valence-corrected chi connectivity index (χ1v) is 19.4. The summed E-state index contributed by atoms with van der Waals surface area (Å²) in [7, 11) is -1.39. The molecular formula is C34H44N2O6Si. The van der Waals surface area contributed by atoms with Crippen molar-refractivity contribution < 1.29 is 24.5 Å². The van der Waals surface area contributed by atoms with Gasteiger partial charge in [0, 0.05) is 43.0 Å². The lowest BCUT2D eigenvalue weighted by Crippen LogP contribution is -2.43. The summed E-state index contributed by atoms with van der Waals surface area (Å²) in [5.41, 5.74) is 3.76. The van der Waals surface area contributed by atoms with Crippen LogP contribution in [0.15, 0.2) is 29.1 Å². The number of aromatic nitrogens is 2. The number of unbranched alkanes of at least 4 members (excludes halogenated alkanes) is 3. The monoisotopic (exact) mass is 604 g/mol. The van der Waals surface area contributed by atoms with E-state index < -0.39 is 13.7 Å². The number of aliphatic hydroxyl groups is 2. The van der Waals surface area contributed by atoms with Gasteiger partial charge in [0.2, 0.25) is 0 Å². The Morgan fingerprint density at radius 3 is 2.56 bits per heavy atom. The first-order chi connectivity index (χ1) is 20.5. The molecule has 0 bridgehead atoms. The standard InChI is InChI=1S/C34H44N2O6Si/c1-5-34(41)28-19-30-32-27(20-36(30)33(40)25(28)12-14-31(34)39)24(15-17-43(2,3)4)26-18-23(11-13-29(26)35-32)42-16-9-7-6-8-10-22(38)21-37/h11,13,18-19,37,41H,5-10,12,14-17,20-21H2,1-4H3/t34-/m0/s1. The number of pyridine rings is 2. The SMILES string of the molecule is CC[C@@]1(O)C(=O)CCc2c1cc1n(c2=O)Cc2c-1nc1ccc(OCCCCCCC(=O)CO)cc1c2CC[Si](C)(C)C. The van der Waals surface area contributed by atoms with Gasteiger partial charge in [0.1, 0.15) is 18.0 Å². The molecule has 9 heteroatoms. The van der Waals surface area contributed by atoms with Gasteiger partial charge in [-0.3, -0.25) is 14.4 Å². The van der Waals surface area contributed by atoms with Crippen LogP contribution in [0.3, 0.4) is 0 Å². The molecule has 0 radical (unpaired) electrons. The van der Waals surface area contributed by atoms with Gasteiger partial charge in [0.25, 0.3) is 5.56 Å². The molecule has 2 aromatic heterocycles. The number of carbonyl (C=O) groups excluding carboxylic acids is 2. The van der Waals surface area contributed by atoms with E-state index in [0.29, 0.717) is 42.8 Å². The Morgan fingerprint density at radius 1 is 1.07 bits per heavy atom. The molecule has 1 aliphatic carbocycles. The number of aryl methyl sites for hydroxylation is 1. The van der Waals surface area contributed by atoms with Gasteiger partial charge in [-0.05, 0) is 61.9 Å². The number of carbonyl (C=O) groups is 2. The predicted molar refractivity (Wildman–Crippen MR) is 171 cm³/mol. The van der Waals surface area contributed by atoms with E-state index in [1.807, 2.05) is 18.2 Å². The topological polar surface area (TPSA) is 119 Å². The van der Waals surface area contributed by atoms with Gasteiger partial charge in [-0.15, -0.1) is 0 Å². The Hall–Kier alpha value is -3.14. The van der Waals surface area contributed by atoms with E-state index in [9.17, 15) is 19.5 Å². The highest BCUT2D eigenvalue weighted by atomic mass is 28.3. The number of hydrogen-bond acceptors (Lipinski definition) is 7. The third-order valence-electron chi connectivity index (χ3n) is 9.08. The van der Waals surface area contributed by atoms with Crippen molar-refractivity contribution in [3.05, 3.63) is 56.9 Å². The van der Waals surface area contributed by atoms with Crippen molar-refractivity contribution in [2.24, 2.45) is 0 Å². The zero-order valence-corrected chi connectivity index (χ0v) is 26.9. The van der Waals surface area contributed by atoms with Crippen LogP contribution in [-0.4, -0.2) is 52.6 Å². The van der Waals surface area contributed by atoms with Crippen molar-refractivity contribution in [2.75, 3.05) is 13.2 Å². The van der Waals surface area contributed by atoms with Crippen molar-refractivity contribution >= 4 is 30.5 Å². The number of hydrogen-bond donors (Lipinski definition) is 2. The molecule has 230 valence electrons. The number of rotatable bonds is 13. The second-order valence-corrected chi connectivity index (χ2v) is 18.9. The van der Waals surface area contributed by atoms with Crippen LogP contribution >= 0.6 is 0 Å². The minimum absolute atomic E-state index is 0.109. The number of ketones is 2. The van der Waals surface area contributed by atoms with Crippen molar-refractivity contribution in [2.45, 2.75) is 103 Å². The van der Waals surface area contributed by atoms with Crippen LogP contribution in [-0.2, 0) is 34.6 Å². The number of nitrogens with zero attached hydrogens (tertiary/aromatic N) is 2. The minimum Gasteiger partial charge on any atom is -0.494 e.